The van der Waals surface area contributed by atoms with E-state index in [-0.39, 0.29) is 22.5 Å². The minimum absolute atomic E-state index is 0.0161. The topological polar surface area (TPSA) is 92.5 Å². The van der Waals surface area contributed by atoms with E-state index in [2.05, 4.69) is 9.88 Å². The summed E-state index contributed by atoms with van der Waals surface area (Å²) < 4.78 is 33.5. The predicted octanol–water partition coefficient (Wildman–Crippen LogP) is 2.67. The van der Waals surface area contributed by atoms with Gasteiger partial charge in [0.1, 0.15) is 0 Å². The van der Waals surface area contributed by atoms with Gasteiger partial charge in [0.25, 0.3) is 5.91 Å². The van der Waals surface area contributed by atoms with Gasteiger partial charge >= 0.3 is 0 Å². The zero-order valence-corrected chi connectivity index (χ0v) is 15.4. The van der Waals surface area contributed by atoms with Crippen molar-refractivity contribution in [3.63, 3.8) is 0 Å². The third kappa shape index (κ3) is 3.35. The third-order valence-corrected chi connectivity index (χ3v) is 6.79. The van der Waals surface area contributed by atoms with Gasteiger partial charge in [-0.25, -0.2) is 13.1 Å². The Morgan fingerprint density at radius 3 is 2.58 bits per heavy atom. The highest BCUT2D eigenvalue weighted by molar-refractivity contribution is 7.89. The average Bonchev–Trinajstić information content (AvgIpc) is 3.31. The van der Waals surface area contributed by atoms with Crippen molar-refractivity contribution in [2.45, 2.75) is 55.9 Å². The minimum Gasteiger partial charge on any atom is -0.355 e. The maximum absolute atomic E-state index is 12.7. The van der Waals surface area contributed by atoms with E-state index in [1.54, 1.807) is 11.0 Å². The van der Waals surface area contributed by atoms with Crippen LogP contribution in [0.4, 0.5) is 0 Å². The molecule has 140 valence electrons. The normalized spacial score (nSPS) is 19.3. The van der Waals surface area contributed by atoms with Gasteiger partial charge in [0.05, 0.1) is 10.3 Å². The molecule has 1 aromatic heterocycles. The number of nitrogens with one attached hydrogen (secondary N) is 1. The van der Waals surface area contributed by atoms with Crippen LogP contribution in [0, 0.1) is 0 Å². The van der Waals surface area contributed by atoms with Gasteiger partial charge in [-0.3, -0.25) is 4.79 Å². The minimum atomic E-state index is -3.64. The van der Waals surface area contributed by atoms with Gasteiger partial charge < -0.3 is 9.42 Å². The number of aromatic nitrogens is 1. The second-order valence-corrected chi connectivity index (χ2v) is 8.86. The van der Waals surface area contributed by atoms with Gasteiger partial charge in [-0.15, -0.1) is 0 Å². The first kappa shape index (κ1) is 17.5. The van der Waals surface area contributed by atoms with Crippen LogP contribution in [0.5, 0.6) is 0 Å². The van der Waals surface area contributed by atoms with Gasteiger partial charge in [0.15, 0.2) is 11.3 Å². The molecule has 8 heteroatoms. The maximum Gasteiger partial charge on any atom is 0.276 e. The van der Waals surface area contributed by atoms with Crippen LogP contribution >= 0.6 is 0 Å². The molecule has 2 heterocycles. The summed E-state index contributed by atoms with van der Waals surface area (Å²) in [5, 5.41) is 4.35. The lowest BCUT2D eigenvalue weighted by molar-refractivity contribution is 0.0784. The van der Waals surface area contributed by atoms with Crippen LogP contribution in [-0.2, 0) is 10.0 Å². The summed E-state index contributed by atoms with van der Waals surface area (Å²) in [7, 11) is -3.64. The molecular formula is C18H23N3O4S. The number of nitrogens with zero attached hydrogens (tertiary/aromatic N) is 2. The number of carbonyl (C=O) groups is 1. The van der Waals surface area contributed by atoms with E-state index in [0.717, 1.165) is 44.9 Å². The fourth-order valence-electron chi connectivity index (χ4n) is 3.82. The number of fused-ring (bicyclic) bond motifs is 1. The lowest BCUT2D eigenvalue weighted by atomic mass is 9.96. The number of hydrogen-bond acceptors (Lipinski definition) is 5. The van der Waals surface area contributed by atoms with Crippen LogP contribution in [-0.4, -0.2) is 43.5 Å². The van der Waals surface area contributed by atoms with Gasteiger partial charge in [0.2, 0.25) is 10.0 Å². The second kappa shape index (κ2) is 7.00. The number of sulfonamides is 1. The molecular weight excluding hydrogens is 354 g/mol. The summed E-state index contributed by atoms with van der Waals surface area (Å²) in [6, 6.07) is 4.55. The first-order chi connectivity index (χ1) is 12.5. The van der Waals surface area contributed by atoms with E-state index < -0.39 is 10.0 Å². The lowest BCUT2D eigenvalue weighted by Crippen LogP contribution is -2.36. The van der Waals surface area contributed by atoms with Crippen LogP contribution in [0.25, 0.3) is 11.0 Å². The Morgan fingerprint density at radius 1 is 1.12 bits per heavy atom. The number of benzene rings is 1. The number of rotatable bonds is 4. The molecule has 1 saturated heterocycles. The molecule has 1 aromatic carbocycles. The molecule has 1 amide bonds. The van der Waals surface area contributed by atoms with Crippen molar-refractivity contribution < 1.29 is 17.7 Å². The number of carbonyl (C=O) groups excluding carboxylic acids is 1. The molecule has 0 atom stereocenters. The molecule has 1 aliphatic carbocycles. The smallest absolute Gasteiger partial charge is 0.276 e. The second-order valence-electron chi connectivity index (χ2n) is 7.14. The van der Waals surface area contributed by atoms with Crippen molar-refractivity contribution in [3.8, 4) is 0 Å². The molecule has 0 unspecified atom stereocenters. The summed E-state index contributed by atoms with van der Waals surface area (Å²) in [4.78, 5) is 14.5. The summed E-state index contributed by atoms with van der Waals surface area (Å²) >= 11 is 0. The average molecular weight is 377 g/mol. The predicted molar refractivity (Wildman–Crippen MR) is 96.3 cm³/mol. The molecule has 4 rings (SSSR count). The highest BCUT2D eigenvalue weighted by Crippen LogP contribution is 2.26. The Morgan fingerprint density at radius 2 is 1.85 bits per heavy atom. The van der Waals surface area contributed by atoms with E-state index in [9.17, 15) is 13.2 Å². The van der Waals surface area contributed by atoms with Crippen molar-refractivity contribution in [2.75, 3.05) is 13.1 Å². The van der Waals surface area contributed by atoms with Crippen molar-refractivity contribution in [2.24, 2.45) is 0 Å². The van der Waals surface area contributed by atoms with Gasteiger partial charge in [-0.1, -0.05) is 24.4 Å². The van der Waals surface area contributed by atoms with E-state index >= 15 is 0 Å². The molecule has 1 saturated carbocycles. The van der Waals surface area contributed by atoms with E-state index in [1.807, 2.05) is 0 Å². The Kier molecular flexibility index (Phi) is 4.71. The first-order valence-corrected chi connectivity index (χ1v) is 10.7. The molecule has 1 N–H and O–H groups in total. The number of likely N-dealkylation sites (tertiary alicyclic amines) is 1. The van der Waals surface area contributed by atoms with E-state index in [4.69, 9.17) is 4.52 Å². The van der Waals surface area contributed by atoms with E-state index in [0.29, 0.717) is 24.1 Å². The molecule has 26 heavy (non-hydrogen) atoms. The summed E-state index contributed by atoms with van der Waals surface area (Å²) in [5.74, 6) is -0.198. The van der Waals surface area contributed by atoms with Crippen molar-refractivity contribution >= 4 is 26.9 Å². The van der Waals surface area contributed by atoms with Crippen LogP contribution < -0.4 is 4.72 Å². The van der Waals surface area contributed by atoms with Crippen LogP contribution in [0.3, 0.4) is 0 Å². The summed E-state index contributed by atoms with van der Waals surface area (Å²) in [6.45, 7) is 1.41. The van der Waals surface area contributed by atoms with Crippen LogP contribution in [0.1, 0.15) is 55.4 Å². The highest BCUT2D eigenvalue weighted by atomic mass is 32.2. The molecule has 1 aliphatic heterocycles. The van der Waals surface area contributed by atoms with Gasteiger partial charge in [0, 0.05) is 19.1 Å². The molecule has 2 fully saturated rings. The molecule has 0 radical (unpaired) electrons. The molecule has 7 nitrogen and oxygen atoms in total. The Hall–Kier alpha value is -1.93. The highest BCUT2D eigenvalue weighted by Gasteiger charge is 2.27. The molecule has 0 bridgehead atoms. The van der Waals surface area contributed by atoms with Crippen molar-refractivity contribution in [1.82, 2.24) is 14.8 Å². The largest absolute Gasteiger partial charge is 0.355 e. The fourth-order valence-corrected chi connectivity index (χ4v) is 5.15. The maximum atomic E-state index is 12.7. The van der Waals surface area contributed by atoms with E-state index in [1.165, 1.54) is 12.1 Å². The standard InChI is InChI=1S/C18H23N3O4S/c22-18(21-10-4-5-11-21)17-15-12-14(8-9-16(15)25-19-17)26(23,24)20-13-6-2-1-3-7-13/h8-9,12-13,20H,1-7,10-11H2. The first-order valence-electron chi connectivity index (χ1n) is 9.26. The Balaban J connectivity index is 1.63. The Labute approximate surface area is 152 Å². The zero-order valence-electron chi connectivity index (χ0n) is 14.6. The zero-order chi connectivity index (χ0) is 18.1. The fraction of sp³-hybridized carbons (Fsp3) is 0.556. The molecule has 2 aliphatic rings. The lowest BCUT2D eigenvalue weighted by Gasteiger charge is -2.22. The summed E-state index contributed by atoms with van der Waals surface area (Å²) in [5.41, 5.74) is 0.612. The van der Waals surface area contributed by atoms with Crippen molar-refractivity contribution in [1.29, 1.82) is 0 Å². The molecule has 0 spiro atoms. The molecule has 2 aromatic rings. The number of amides is 1. The third-order valence-electron chi connectivity index (χ3n) is 5.27. The quantitative estimate of drug-likeness (QED) is 0.884. The SMILES string of the molecule is O=C(c1noc2ccc(S(=O)(=O)NC3CCCCC3)cc12)N1CCCC1. The van der Waals surface area contributed by atoms with Crippen LogP contribution in [0.15, 0.2) is 27.6 Å². The van der Waals surface area contributed by atoms with Gasteiger partial charge in [-0.2, -0.15) is 0 Å². The summed E-state index contributed by atoms with van der Waals surface area (Å²) in [6.07, 6.45) is 6.95. The Bertz CT molecular complexity index is 910. The van der Waals surface area contributed by atoms with Gasteiger partial charge in [-0.05, 0) is 43.9 Å². The van der Waals surface area contributed by atoms with Crippen molar-refractivity contribution in [3.05, 3.63) is 23.9 Å². The monoisotopic (exact) mass is 377 g/mol. The van der Waals surface area contributed by atoms with Crippen LogP contribution in [0.2, 0.25) is 0 Å². The number of hydrogen-bond donors (Lipinski definition) is 1.